The van der Waals surface area contributed by atoms with Crippen molar-refractivity contribution in [3.63, 3.8) is 0 Å². The highest BCUT2D eigenvalue weighted by Gasteiger charge is 2.31. The van der Waals surface area contributed by atoms with Crippen LogP contribution in [0.25, 0.3) is 0 Å². The third-order valence-electron chi connectivity index (χ3n) is 4.49. The lowest BCUT2D eigenvalue weighted by molar-refractivity contribution is 0.0569. The molecular formula is C16H25FN2. The van der Waals surface area contributed by atoms with E-state index >= 15 is 0 Å². The van der Waals surface area contributed by atoms with Gasteiger partial charge >= 0.3 is 0 Å². The molecule has 0 aromatic heterocycles. The van der Waals surface area contributed by atoms with Crippen LogP contribution >= 0.6 is 0 Å². The molecule has 0 amide bonds. The lowest BCUT2D eigenvalue weighted by atomic mass is 9.92. The smallest absolute Gasteiger partial charge is 0.126 e. The van der Waals surface area contributed by atoms with Crippen molar-refractivity contribution < 1.29 is 4.39 Å². The van der Waals surface area contributed by atoms with E-state index in [4.69, 9.17) is 5.73 Å². The van der Waals surface area contributed by atoms with E-state index in [2.05, 4.69) is 18.7 Å². The Labute approximate surface area is 115 Å². The summed E-state index contributed by atoms with van der Waals surface area (Å²) in [7, 11) is 0. The van der Waals surface area contributed by atoms with Gasteiger partial charge in [-0.1, -0.05) is 18.6 Å². The van der Waals surface area contributed by atoms with Crippen molar-refractivity contribution in [3.8, 4) is 0 Å². The third kappa shape index (κ3) is 2.98. The molecule has 1 fully saturated rings. The van der Waals surface area contributed by atoms with Gasteiger partial charge in [0.2, 0.25) is 0 Å². The fourth-order valence-corrected chi connectivity index (χ4v) is 3.29. The zero-order valence-electron chi connectivity index (χ0n) is 12.2. The van der Waals surface area contributed by atoms with Crippen LogP contribution < -0.4 is 5.73 Å². The number of rotatable bonds is 3. The highest BCUT2D eigenvalue weighted by Crippen LogP contribution is 2.32. The quantitative estimate of drug-likeness (QED) is 0.906. The summed E-state index contributed by atoms with van der Waals surface area (Å²) in [6.45, 7) is 6.90. The summed E-state index contributed by atoms with van der Waals surface area (Å²) in [5, 5.41) is 0. The maximum atomic E-state index is 13.7. The summed E-state index contributed by atoms with van der Waals surface area (Å²) < 4.78 is 13.7. The Morgan fingerprint density at radius 3 is 2.79 bits per heavy atom. The fraction of sp³-hybridized carbons (Fsp3) is 0.625. The van der Waals surface area contributed by atoms with Gasteiger partial charge in [0, 0.05) is 24.7 Å². The first-order chi connectivity index (χ1) is 9.04. The summed E-state index contributed by atoms with van der Waals surface area (Å²) in [5.74, 6) is -0.113. The van der Waals surface area contributed by atoms with Gasteiger partial charge in [0.1, 0.15) is 5.82 Å². The molecule has 1 aromatic carbocycles. The minimum absolute atomic E-state index is 0.113. The van der Waals surface area contributed by atoms with Crippen LogP contribution in [0.4, 0.5) is 4.39 Å². The minimum Gasteiger partial charge on any atom is -0.329 e. The molecule has 1 aliphatic rings. The Bertz CT molecular complexity index is 433. The molecule has 0 spiro atoms. The number of hydrogen-bond donors (Lipinski definition) is 1. The molecule has 1 saturated heterocycles. The number of hydrogen-bond acceptors (Lipinski definition) is 2. The van der Waals surface area contributed by atoms with Gasteiger partial charge in [-0.2, -0.15) is 0 Å². The van der Waals surface area contributed by atoms with Crippen molar-refractivity contribution in [2.75, 3.05) is 6.54 Å². The van der Waals surface area contributed by atoms with E-state index < -0.39 is 0 Å². The van der Waals surface area contributed by atoms with Gasteiger partial charge in [-0.25, -0.2) is 4.39 Å². The standard InChI is InChI=1S/C16H25FN2/c1-11-7-8-14(9-16(11)17)13(3)19-12(2)5-4-6-15(19)10-18/h7-9,12-13,15H,4-6,10,18H2,1-3H3. The summed E-state index contributed by atoms with van der Waals surface area (Å²) in [6, 6.07) is 6.74. The Balaban J connectivity index is 2.24. The number of piperidine rings is 1. The molecule has 0 bridgehead atoms. The first kappa shape index (κ1) is 14.5. The minimum atomic E-state index is -0.113. The van der Waals surface area contributed by atoms with Crippen LogP contribution in [-0.4, -0.2) is 23.5 Å². The summed E-state index contributed by atoms with van der Waals surface area (Å²) >= 11 is 0. The van der Waals surface area contributed by atoms with E-state index in [1.165, 1.54) is 12.8 Å². The average Bonchev–Trinajstić information content (AvgIpc) is 2.40. The van der Waals surface area contributed by atoms with Gasteiger partial charge in [-0.15, -0.1) is 0 Å². The first-order valence-electron chi connectivity index (χ1n) is 7.28. The van der Waals surface area contributed by atoms with Crippen LogP contribution in [0.2, 0.25) is 0 Å². The number of nitrogens with two attached hydrogens (primary N) is 1. The van der Waals surface area contributed by atoms with Crippen LogP contribution in [0.3, 0.4) is 0 Å². The predicted molar refractivity (Wildman–Crippen MR) is 77.5 cm³/mol. The number of halogens is 1. The van der Waals surface area contributed by atoms with Gasteiger partial charge in [0.05, 0.1) is 0 Å². The summed E-state index contributed by atoms with van der Waals surface area (Å²) in [5.41, 5.74) is 7.67. The van der Waals surface area contributed by atoms with Gasteiger partial charge in [0.25, 0.3) is 0 Å². The molecule has 0 saturated carbocycles. The Morgan fingerprint density at radius 2 is 2.16 bits per heavy atom. The van der Waals surface area contributed by atoms with Gasteiger partial charge in [-0.3, -0.25) is 4.90 Å². The second-order valence-corrected chi connectivity index (χ2v) is 5.80. The molecule has 19 heavy (non-hydrogen) atoms. The van der Waals surface area contributed by atoms with Crippen LogP contribution in [0.1, 0.15) is 50.3 Å². The monoisotopic (exact) mass is 264 g/mol. The van der Waals surface area contributed by atoms with Crippen molar-refractivity contribution in [1.29, 1.82) is 0 Å². The zero-order chi connectivity index (χ0) is 14.0. The van der Waals surface area contributed by atoms with Crippen molar-refractivity contribution in [2.45, 2.75) is 58.2 Å². The first-order valence-corrected chi connectivity index (χ1v) is 7.28. The molecule has 2 nitrogen and oxygen atoms in total. The normalized spacial score (nSPS) is 26.4. The van der Waals surface area contributed by atoms with Crippen molar-refractivity contribution in [3.05, 3.63) is 35.1 Å². The molecule has 3 unspecified atom stereocenters. The molecule has 2 N–H and O–H groups in total. The SMILES string of the molecule is Cc1ccc(C(C)N2C(C)CCCC2CN)cc1F. The summed E-state index contributed by atoms with van der Waals surface area (Å²) in [4.78, 5) is 2.47. The molecule has 106 valence electrons. The molecule has 1 heterocycles. The molecule has 3 atom stereocenters. The number of nitrogens with zero attached hydrogens (tertiary/aromatic N) is 1. The maximum absolute atomic E-state index is 13.7. The maximum Gasteiger partial charge on any atom is 0.126 e. The van der Waals surface area contributed by atoms with E-state index in [-0.39, 0.29) is 11.9 Å². The van der Waals surface area contributed by atoms with E-state index in [9.17, 15) is 4.39 Å². The van der Waals surface area contributed by atoms with Crippen molar-refractivity contribution in [2.24, 2.45) is 5.73 Å². The van der Waals surface area contributed by atoms with Gasteiger partial charge in [0.15, 0.2) is 0 Å². The number of likely N-dealkylation sites (tertiary alicyclic amines) is 1. The van der Waals surface area contributed by atoms with Crippen LogP contribution in [-0.2, 0) is 0 Å². The third-order valence-corrected chi connectivity index (χ3v) is 4.49. The second-order valence-electron chi connectivity index (χ2n) is 5.80. The lowest BCUT2D eigenvalue weighted by Crippen LogP contribution is -2.49. The van der Waals surface area contributed by atoms with E-state index in [1.807, 2.05) is 12.1 Å². The lowest BCUT2D eigenvalue weighted by Gasteiger charge is -2.44. The van der Waals surface area contributed by atoms with Crippen LogP contribution in [0.5, 0.6) is 0 Å². The Morgan fingerprint density at radius 1 is 1.42 bits per heavy atom. The second kappa shape index (κ2) is 6.02. The molecule has 2 rings (SSSR count). The van der Waals surface area contributed by atoms with Crippen LogP contribution in [0.15, 0.2) is 18.2 Å². The van der Waals surface area contributed by atoms with E-state index in [1.54, 1.807) is 13.0 Å². The van der Waals surface area contributed by atoms with Gasteiger partial charge in [-0.05, 0) is 50.8 Å². The molecule has 3 heteroatoms. The predicted octanol–water partition coefficient (Wildman–Crippen LogP) is 3.40. The number of benzene rings is 1. The summed E-state index contributed by atoms with van der Waals surface area (Å²) in [6.07, 6.45) is 3.60. The zero-order valence-corrected chi connectivity index (χ0v) is 12.2. The van der Waals surface area contributed by atoms with Crippen molar-refractivity contribution >= 4 is 0 Å². The highest BCUT2D eigenvalue weighted by atomic mass is 19.1. The molecule has 1 aliphatic heterocycles. The molecule has 0 aliphatic carbocycles. The molecular weight excluding hydrogens is 239 g/mol. The Hall–Kier alpha value is -0.930. The topological polar surface area (TPSA) is 29.3 Å². The molecule has 0 radical (unpaired) electrons. The number of aryl methyl sites for hydroxylation is 1. The molecule has 1 aromatic rings. The fourth-order valence-electron chi connectivity index (χ4n) is 3.29. The van der Waals surface area contributed by atoms with Gasteiger partial charge < -0.3 is 5.73 Å². The average molecular weight is 264 g/mol. The van der Waals surface area contributed by atoms with Crippen molar-refractivity contribution in [1.82, 2.24) is 4.90 Å². The van der Waals surface area contributed by atoms with E-state index in [0.717, 1.165) is 12.0 Å². The largest absolute Gasteiger partial charge is 0.329 e. The van der Waals surface area contributed by atoms with E-state index in [0.29, 0.717) is 24.2 Å². The Kier molecular flexibility index (Phi) is 4.58. The highest BCUT2D eigenvalue weighted by molar-refractivity contribution is 5.26. The van der Waals surface area contributed by atoms with Crippen LogP contribution in [0, 0.1) is 12.7 Å².